The standard InChI is InChI=1S/C10H13FO2S/c1-2-13-10-4-3-7(5-8(10)11)9(12)6-14/h3-5,9,12,14H,2,6H2,1H3. The number of benzene rings is 1. The van der Waals surface area contributed by atoms with Gasteiger partial charge in [-0.1, -0.05) is 6.07 Å². The summed E-state index contributed by atoms with van der Waals surface area (Å²) in [6, 6.07) is 4.42. The van der Waals surface area contributed by atoms with Crippen LogP contribution in [0.4, 0.5) is 4.39 Å². The summed E-state index contributed by atoms with van der Waals surface area (Å²) in [6.45, 7) is 2.21. The van der Waals surface area contributed by atoms with Crippen LogP contribution in [0.1, 0.15) is 18.6 Å². The fraction of sp³-hybridized carbons (Fsp3) is 0.400. The molecule has 0 aromatic heterocycles. The summed E-state index contributed by atoms with van der Waals surface area (Å²) in [5.74, 6) is 0.0285. The molecule has 0 amide bonds. The molecule has 0 heterocycles. The second-order valence-electron chi connectivity index (χ2n) is 2.82. The Balaban J connectivity index is 2.88. The van der Waals surface area contributed by atoms with Crippen molar-refractivity contribution < 1.29 is 14.2 Å². The van der Waals surface area contributed by atoms with E-state index in [9.17, 15) is 9.50 Å². The molecular weight excluding hydrogens is 203 g/mol. The molecule has 4 heteroatoms. The minimum absolute atomic E-state index is 0.211. The van der Waals surface area contributed by atoms with Crippen molar-refractivity contribution in [2.24, 2.45) is 0 Å². The summed E-state index contributed by atoms with van der Waals surface area (Å²) in [4.78, 5) is 0. The van der Waals surface area contributed by atoms with Gasteiger partial charge in [0.1, 0.15) is 0 Å². The zero-order chi connectivity index (χ0) is 10.6. The van der Waals surface area contributed by atoms with E-state index < -0.39 is 11.9 Å². The molecule has 1 atom stereocenters. The van der Waals surface area contributed by atoms with E-state index in [4.69, 9.17) is 4.74 Å². The molecule has 0 aliphatic heterocycles. The van der Waals surface area contributed by atoms with Crippen molar-refractivity contribution in [3.63, 3.8) is 0 Å². The normalized spacial score (nSPS) is 12.6. The minimum Gasteiger partial charge on any atom is -0.491 e. The SMILES string of the molecule is CCOc1ccc(C(O)CS)cc1F. The van der Waals surface area contributed by atoms with Crippen molar-refractivity contribution in [2.45, 2.75) is 13.0 Å². The second-order valence-corrected chi connectivity index (χ2v) is 3.19. The van der Waals surface area contributed by atoms with Crippen LogP contribution in [0.5, 0.6) is 5.75 Å². The molecule has 0 aliphatic rings. The number of aliphatic hydroxyl groups excluding tert-OH is 1. The lowest BCUT2D eigenvalue weighted by Crippen LogP contribution is -2.01. The average Bonchev–Trinajstić information content (AvgIpc) is 2.20. The van der Waals surface area contributed by atoms with Gasteiger partial charge in [0.2, 0.25) is 0 Å². The fourth-order valence-corrected chi connectivity index (χ4v) is 1.31. The monoisotopic (exact) mass is 216 g/mol. The number of aliphatic hydroxyl groups is 1. The van der Waals surface area contributed by atoms with Gasteiger partial charge in [0, 0.05) is 5.75 Å². The van der Waals surface area contributed by atoms with Gasteiger partial charge in [-0.25, -0.2) is 4.39 Å². The Kier molecular flexibility index (Phi) is 4.22. The molecule has 78 valence electrons. The lowest BCUT2D eigenvalue weighted by Gasteiger charge is -2.10. The largest absolute Gasteiger partial charge is 0.491 e. The quantitative estimate of drug-likeness (QED) is 0.755. The number of rotatable bonds is 4. The lowest BCUT2D eigenvalue weighted by molar-refractivity contribution is 0.203. The Hall–Kier alpha value is -0.740. The van der Waals surface area contributed by atoms with Crippen molar-refractivity contribution in [3.8, 4) is 5.75 Å². The van der Waals surface area contributed by atoms with Crippen molar-refractivity contribution in [3.05, 3.63) is 29.6 Å². The van der Waals surface area contributed by atoms with E-state index in [2.05, 4.69) is 12.6 Å². The molecule has 0 aliphatic carbocycles. The van der Waals surface area contributed by atoms with Crippen LogP contribution in [0.25, 0.3) is 0 Å². The number of hydrogen-bond acceptors (Lipinski definition) is 3. The smallest absolute Gasteiger partial charge is 0.165 e. The molecule has 14 heavy (non-hydrogen) atoms. The number of thiol groups is 1. The summed E-state index contributed by atoms with van der Waals surface area (Å²) < 4.78 is 18.3. The third-order valence-corrected chi connectivity index (χ3v) is 2.16. The van der Waals surface area contributed by atoms with Crippen LogP contribution in [0.2, 0.25) is 0 Å². The highest BCUT2D eigenvalue weighted by molar-refractivity contribution is 7.80. The molecule has 0 saturated heterocycles. The second kappa shape index (κ2) is 5.22. The van der Waals surface area contributed by atoms with E-state index in [0.717, 1.165) is 0 Å². The van der Waals surface area contributed by atoms with Crippen LogP contribution in [-0.2, 0) is 0 Å². The predicted octanol–water partition coefficient (Wildman–Crippen LogP) is 2.19. The first-order valence-corrected chi connectivity index (χ1v) is 5.03. The Bertz CT molecular complexity index is 304. The third kappa shape index (κ3) is 2.62. The predicted molar refractivity (Wildman–Crippen MR) is 56.4 cm³/mol. The summed E-state index contributed by atoms with van der Waals surface area (Å²) in [7, 11) is 0. The van der Waals surface area contributed by atoms with E-state index in [1.807, 2.05) is 0 Å². The topological polar surface area (TPSA) is 29.5 Å². The van der Waals surface area contributed by atoms with Crippen LogP contribution in [0, 0.1) is 5.82 Å². The van der Waals surface area contributed by atoms with E-state index in [1.54, 1.807) is 13.0 Å². The van der Waals surface area contributed by atoms with Crippen LogP contribution >= 0.6 is 12.6 Å². The molecular formula is C10H13FO2S. The Morgan fingerprint density at radius 1 is 1.57 bits per heavy atom. The maximum absolute atomic E-state index is 13.3. The molecule has 0 spiro atoms. The van der Waals surface area contributed by atoms with Crippen molar-refractivity contribution >= 4 is 12.6 Å². The van der Waals surface area contributed by atoms with Gasteiger partial charge in [-0.2, -0.15) is 12.6 Å². The van der Waals surface area contributed by atoms with Gasteiger partial charge in [-0.05, 0) is 24.6 Å². The summed E-state index contributed by atoms with van der Waals surface area (Å²) in [5.41, 5.74) is 0.515. The van der Waals surface area contributed by atoms with E-state index in [0.29, 0.717) is 12.2 Å². The van der Waals surface area contributed by atoms with Gasteiger partial charge in [-0.15, -0.1) is 0 Å². The van der Waals surface area contributed by atoms with Gasteiger partial charge < -0.3 is 9.84 Å². The van der Waals surface area contributed by atoms with Crippen LogP contribution < -0.4 is 4.74 Å². The average molecular weight is 216 g/mol. The van der Waals surface area contributed by atoms with Gasteiger partial charge >= 0.3 is 0 Å². The molecule has 0 fully saturated rings. The van der Waals surface area contributed by atoms with Crippen molar-refractivity contribution in [1.29, 1.82) is 0 Å². The van der Waals surface area contributed by atoms with Gasteiger partial charge in [-0.3, -0.25) is 0 Å². The van der Waals surface area contributed by atoms with Gasteiger partial charge in [0.05, 0.1) is 12.7 Å². The highest BCUT2D eigenvalue weighted by Crippen LogP contribution is 2.22. The molecule has 1 rings (SSSR count). The van der Waals surface area contributed by atoms with Gasteiger partial charge in [0.15, 0.2) is 11.6 Å². The van der Waals surface area contributed by atoms with Crippen LogP contribution in [0.3, 0.4) is 0 Å². The molecule has 1 aromatic carbocycles. The van der Waals surface area contributed by atoms with E-state index in [1.165, 1.54) is 12.1 Å². The first kappa shape index (κ1) is 11.3. The fourth-order valence-electron chi connectivity index (χ4n) is 1.10. The number of halogens is 1. The highest BCUT2D eigenvalue weighted by atomic mass is 32.1. The molecule has 2 nitrogen and oxygen atoms in total. The first-order chi connectivity index (χ1) is 6.69. The molecule has 1 unspecified atom stereocenters. The van der Waals surface area contributed by atoms with Crippen molar-refractivity contribution in [2.75, 3.05) is 12.4 Å². The Labute approximate surface area is 88.1 Å². The number of hydrogen-bond donors (Lipinski definition) is 2. The third-order valence-electron chi connectivity index (χ3n) is 1.81. The maximum Gasteiger partial charge on any atom is 0.165 e. The Morgan fingerprint density at radius 3 is 2.79 bits per heavy atom. The Morgan fingerprint density at radius 2 is 2.29 bits per heavy atom. The molecule has 0 radical (unpaired) electrons. The number of ether oxygens (including phenoxy) is 1. The van der Waals surface area contributed by atoms with Crippen molar-refractivity contribution in [1.82, 2.24) is 0 Å². The summed E-state index contributed by atoms with van der Waals surface area (Å²) in [5, 5.41) is 9.39. The zero-order valence-electron chi connectivity index (χ0n) is 7.90. The van der Waals surface area contributed by atoms with Crippen LogP contribution in [0.15, 0.2) is 18.2 Å². The molecule has 1 N–H and O–H groups in total. The minimum atomic E-state index is -0.733. The molecule has 0 saturated carbocycles. The van der Waals surface area contributed by atoms with E-state index >= 15 is 0 Å². The summed E-state index contributed by atoms with van der Waals surface area (Å²) >= 11 is 3.92. The zero-order valence-corrected chi connectivity index (χ0v) is 8.80. The van der Waals surface area contributed by atoms with Gasteiger partial charge in [0.25, 0.3) is 0 Å². The van der Waals surface area contributed by atoms with Crippen LogP contribution in [-0.4, -0.2) is 17.5 Å². The first-order valence-electron chi connectivity index (χ1n) is 4.40. The summed E-state index contributed by atoms with van der Waals surface area (Å²) in [6.07, 6.45) is -0.733. The lowest BCUT2D eigenvalue weighted by atomic mass is 10.1. The van der Waals surface area contributed by atoms with E-state index in [-0.39, 0.29) is 11.5 Å². The molecule has 0 bridgehead atoms. The highest BCUT2D eigenvalue weighted by Gasteiger charge is 2.09. The maximum atomic E-state index is 13.3. The molecule has 1 aromatic rings.